The van der Waals surface area contributed by atoms with Gasteiger partial charge in [0.2, 0.25) is 0 Å². The van der Waals surface area contributed by atoms with Crippen LogP contribution in [0, 0.1) is 22.2 Å². The highest BCUT2D eigenvalue weighted by Gasteiger charge is 2.44. The maximum Gasteiger partial charge on any atom is 0.0158 e. The number of likely N-dealkylation sites (tertiary alicyclic amines) is 1. The highest BCUT2D eigenvalue weighted by Crippen LogP contribution is 2.50. The van der Waals surface area contributed by atoms with Gasteiger partial charge in [-0.2, -0.15) is 0 Å². The number of hydrogen-bond acceptors (Lipinski definition) is 1. The Morgan fingerprint density at radius 2 is 1.15 bits per heavy atom. The number of hydrogen-bond donors (Lipinski definition) is 0. The minimum atomic E-state index is 0. The van der Waals surface area contributed by atoms with Gasteiger partial charge in [0.25, 0.3) is 0 Å². The molecular formula is C25H55N. The summed E-state index contributed by atoms with van der Waals surface area (Å²) in [6.07, 6.45) is 6.53. The van der Waals surface area contributed by atoms with Gasteiger partial charge < -0.3 is 0 Å². The second-order valence-corrected chi connectivity index (χ2v) is 11.5. The first-order chi connectivity index (χ1) is 11.1. The number of nitrogens with zero attached hydrogens (tertiary/aromatic N) is 1. The molecule has 0 saturated carbocycles. The molecule has 1 heteroatoms. The number of piperidine rings is 1. The van der Waals surface area contributed by atoms with E-state index in [4.69, 9.17) is 0 Å². The molecule has 160 valence electrons. The summed E-state index contributed by atoms with van der Waals surface area (Å²) < 4.78 is 0. The SMILES string of the molecule is C.CCC.CCC(C)(C)C(C)(C)C1CCN(C(C)(C)CC(C)(C)C)CC1. The minimum absolute atomic E-state index is 0. The molecular weight excluding hydrogens is 314 g/mol. The second kappa shape index (κ2) is 10.5. The molecule has 0 unspecified atom stereocenters. The summed E-state index contributed by atoms with van der Waals surface area (Å²) >= 11 is 0. The van der Waals surface area contributed by atoms with Crippen LogP contribution in [0.1, 0.15) is 123 Å². The molecule has 1 rings (SSSR count). The summed E-state index contributed by atoms with van der Waals surface area (Å²) in [4.78, 5) is 2.75. The molecule has 0 amide bonds. The Labute approximate surface area is 168 Å². The van der Waals surface area contributed by atoms with E-state index in [1.165, 1.54) is 45.2 Å². The van der Waals surface area contributed by atoms with Crippen LogP contribution in [-0.4, -0.2) is 23.5 Å². The average Bonchev–Trinajstić information content (AvgIpc) is 2.45. The Bertz CT molecular complexity index is 362. The fraction of sp³-hybridized carbons (Fsp3) is 1.00. The van der Waals surface area contributed by atoms with Gasteiger partial charge in [0.15, 0.2) is 0 Å². The number of rotatable bonds is 5. The van der Waals surface area contributed by atoms with Gasteiger partial charge in [-0.15, -0.1) is 0 Å². The topological polar surface area (TPSA) is 3.24 Å². The fourth-order valence-electron chi connectivity index (χ4n) is 4.62. The maximum atomic E-state index is 2.75. The van der Waals surface area contributed by atoms with Crippen molar-refractivity contribution in [3.63, 3.8) is 0 Å². The molecule has 0 atom stereocenters. The average molecular weight is 370 g/mol. The molecule has 1 heterocycles. The van der Waals surface area contributed by atoms with Gasteiger partial charge in [-0.05, 0) is 68.4 Å². The Balaban J connectivity index is 0. The van der Waals surface area contributed by atoms with Gasteiger partial charge >= 0.3 is 0 Å². The Morgan fingerprint density at radius 3 is 1.46 bits per heavy atom. The fourth-order valence-corrected chi connectivity index (χ4v) is 4.62. The monoisotopic (exact) mass is 369 g/mol. The molecule has 0 aromatic heterocycles. The van der Waals surface area contributed by atoms with Crippen molar-refractivity contribution < 1.29 is 0 Å². The van der Waals surface area contributed by atoms with E-state index in [1.54, 1.807) is 0 Å². The predicted molar refractivity (Wildman–Crippen MR) is 123 cm³/mol. The standard InChI is InChI=1S/C21H43N.C3H8.CH4/c1-11-19(5,6)21(9,10)17-12-14-22(15-13-17)20(7,8)16-18(2,3)4;1-3-2;/h17H,11-16H2,1-10H3;3H2,1-2H3;1H4. The van der Waals surface area contributed by atoms with E-state index in [9.17, 15) is 0 Å². The first kappa shape index (κ1) is 28.2. The van der Waals surface area contributed by atoms with Crippen molar-refractivity contribution in [2.75, 3.05) is 13.1 Å². The lowest BCUT2D eigenvalue weighted by atomic mass is 9.58. The third kappa shape index (κ3) is 7.91. The van der Waals surface area contributed by atoms with E-state index in [-0.39, 0.29) is 7.43 Å². The maximum absolute atomic E-state index is 2.75. The quantitative estimate of drug-likeness (QED) is 0.470. The summed E-state index contributed by atoms with van der Waals surface area (Å²) in [6, 6.07) is 0. The van der Waals surface area contributed by atoms with Gasteiger partial charge in [-0.1, -0.05) is 89.5 Å². The van der Waals surface area contributed by atoms with Crippen LogP contribution < -0.4 is 0 Å². The Kier molecular flexibility index (Phi) is 11.4. The van der Waals surface area contributed by atoms with Crippen LogP contribution >= 0.6 is 0 Å². The summed E-state index contributed by atoms with van der Waals surface area (Å²) in [5.41, 5.74) is 1.60. The zero-order chi connectivity index (χ0) is 20.1. The van der Waals surface area contributed by atoms with Crippen molar-refractivity contribution in [2.45, 2.75) is 128 Å². The molecule has 1 fully saturated rings. The van der Waals surface area contributed by atoms with Crippen LogP contribution in [0.25, 0.3) is 0 Å². The van der Waals surface area contributed by atoms with E-state index in [0.29, 0.717) is 21.8 Å². The highest BCUT2D eigenvalue weighted by atomic mass is 15.2. The van der Waals surface area contributed by atoms with Crippen molar-refractivity contribution in [3.05, 3.63) is 0 Å². The third-order valence-electron chi connectivity index (χ3n) is 6.96. The largest absolute Gasteiger partial charge is 0.298 e. The molecule has 0 spiro atoms. The van der Waals surface area contributed by atoms with E-state index in [2.05, 4.69) is 88.0 Å². The molecule has 1 aliphatic rings. The summed E-state index contributed by atoms with van der Waals surface area (Å²) in [7, 11) is 0. The van der Waals surface area contributed by atoms with Crippen molar-refractivity contribution in [1.82, 2.24) is 4.90 Å². The van der Waals surface area contributed by atoms with Crippen molar-refractivity contribution >= 4 is 0 Å². The van der Waals surface area contributed by atoms with Crippen LogP contribution in [0.15, 0.2) is 0 Å². The van der Waals surface area contributed by atoms with Crippen LogP contribution in [0.3, 0.4) is 0 Å². The summed E-state index contributed by atoms with van der Waals surface area (Å²) in [6.45, 7) is 31.1. The van der Waals surface area contributed by atoms with E-state index < -0.39 is 0 Å². The van der Waals surface area contributed by atoms with E-state index in [0.717, 1.165) is 5.92 Å². The zero-order valence-corrected chi connectivity index (χ0v) is 20.0. The van der Waals surface area contributed by atoms with Crippen molar-refractivity contribution in [3.8, 4) is 0 Å². The summed E-state index contributed by atoms with van der Waals surface area (Å²) in [5.74, 6) is 0.865. The lowest BCUT2D eigenvalue weighted by molar-refractivity contribution is -0.0268. The van der Waals surface area contributed by atoms with Crippen molar-refractivity contribution in [2.24, 2.45) is 22.2 Å². The molecule has 26 heavy (non-hydrogen) atoms. The first-order valence-corrected chi connectivity index (χ1v) is 10.9. The first-order valence-electron chi connectivity index (χ1n) is 10.9. The molecule has 1 saturated heterocycles. The van der Waals surface area contributed by atoms with Crippen LogP contribution in [-0.2, 0) is 0 Å². The Hall–Kier alpha value is -0.0400. The molecule has 0 N–H and O–H groups in total. The van der Waals surface area contributed by atoms with Crippen LogP contribution in [0.4, 0.5) is 0 Å². The highest BCUT2D eigenvalue weighted by molar-refractivity contribution is 4.95. The van der Waals surface area contributed by atoms with Gasteiger partial charge in [-0.3, -0.25) is 4.90 Å². The smallest absolute Gasteiger partial charge is 0.0158 e. The minimum Gasteiger partial charge on any atom is -0.298 e. The zero-order valence-electron chi connectivity index (χ0n) is 20.0. The molecule has 0 aromatic carbocycles. The molecule has 0 radical (unpaired) electrons. The molecule has 0 aromatic rings. The van der Waals surface area contributed by atoms with Crippen molar-refractivity contribution in [1.29, 1.82) is 0 Å². The Morgan fingerprint density at radius 1 is 0.769 bits per heavy atom. The van der Waals surface area contributed by atoms with Crippen LogP contribution in [0.2, 0.25) is 0 Å². The van der Waals surface area contributed by atoms with Crippen LogP contribution in [0.5, 0.6) is 0 Å². The van der Waals surface area contributed by atoms with Gasteiger partial charge in [-0.25, -0.2) is 0 Å². The lowest BCUT2D eigenvalue weighted by Gasteiger charge is -2.52. The summed E-state index contributed by atoms with van der Waals surface area (Å²) in [5, 5.41) is 0. The lowest BCUT2D eigenvalue weighted by Crippen LogP contribution is -2.52. The molecule has 0 aliphatic carbocycles. The van der Waals surface area contributed by atoms with Gasteiger partial charge in [0.05, 0.1) is 0 Å². The normalized spacial score (nSPS) is 18.0. The second-order valence-electron chi connectivity index (χ2n) is 11.5. The molecule has 0 bridgehead atoms. The molecule has 1 aliphatic heterocycles. The predicted octanol–water partition coefficient (Wildman–Crippen LogP) is 8.43. The molecule has 1 nitrogen and oxygen atoms in total. The van der Waals surface area contributed by atoms with E-state index >= 15 is 0 Å². The van der Waals surface area contributed by atoms with Gasteiger partial charge in [0, 0.05) is 5.54 Å². The van der Waals surface area contributed by atoms with Gasteiger partial charge in [0.1, 0.15) is 0 Å². The third-order valence-corrected chi connectivity index (χ3v) is 6.96. The van der Waals surface area contributed by atoms with E-state index in [1.807, 2.05) is 0 Å².